The third kappa shape index (κ3) is 8.36. The number of nitro benzene ring substituents is 1. The van der Waals surface area contributed by atoms with E-state index in [9.17, 15) is 19.7 Å². The lowest BCUT2D eigenvalue weighted by Gasteiger charge is -2.30. The highest BCUT2D eigenvalue weighted by Crippen LogP contribution is 2.40. The Morgan fingerprint density at radius 3 is 2.06 bits per heavy atom. The minimum Gasteiger partial charge on any atom is -0.462 e. The van der Waals surface area contributed by atoms with Crippen LogP contribution in [-0.2, 0) is 19.1 Å². The molecule has 0 aliphatic carbocycles. The molecular formula is C27H37ClN2O6. The summed E-state index contributed by atoms with van der Waals surface area (Å²) in [6.07, 6.45) is 8.96. The number of carbonyl (C=O) groups is 2. The molecule has 0 fully saturated rings. The molecule has 1 aliphatic rings. The molecule has 1 aromatic rings. The van der Waals surface area contributed by atoms with E-state index in [2.05, 4.69) is 12.2 Å². The van der Waals surface area contributed by atoms with E-state index >= 15 is 0 Å². The standard InChI is InChI=1S/C27H37ClN2O6/c1-4-5-6-7-8-9-10-11-16-35-26(31)23-19(2)29-20(3)24(27(32)36-17-15-28)25(23)21-13-12-14-22(18-21)30(33)34/h12-14,18,25,29H,4-11,15-17H2,1-3H3. The molecule has 1 atom stereocenters. The molecule has 1 N–H and O–H groups in total. The Morgan fingerprint density at radius 1 is 0.944 bits per heavy atom. The van der Waals surface area contributed by atoms with Crippen LogP contribution in [0.2, 0.25) is 0 Å². The molecular weight excluding hydrogens is 484 g/mol. The van der Waals surface area contributed by atoms with Crippen molar-refractivity contribution in [3.05, 3.63) is 62.5 Å². The third-order valence-corrected chi connectivity index (χ3v) is 6.31. The van der Waals surface area contributed by atoms with E-state index in [0.29, 0.717) is 17.0 Å². The first-order valence-electron chi connectivity index (χ1n) is 12.6. The van der Waals surface area contributed by atoms with Crippen LogP contribution in [0.1, 0.15) is 83.6 Å². The number of unbranched alkanes of at least 4 members (excludes halogenated alkanes) is 7. The summed E-state index contributed by atoms with van der Waals surface area (Å²) in [6, 6.07) is 5.93. The molecule has 0 amide bonds. The molecule has 36 heavy (non-hydrogen) atoms. The van der Waals surface area contributed by atoms with E-state index in [-0.39, 0.29) is 35.9 Å². The van der Waals surface area contributed by atoms with Crippen molar-refractivity contribution in [2.24, 2.45) is 0 Å². The summed E-state index contributed by atoms with van der Waals surface area (Å²) in [5.74, 6) is -1.96. The second-order valence-corrected chi connectivity index (χ2v) is 9.30. The molecule has 0 spiro atoms. The van der Waals surface area contributed by atoms with Crippen LogP contribution in [0.3, 0.4) is 0 Å². The molecule has 9 heteroatoms. The molecule has 1 heterocycles. The summed E-state index contributed by atoms with van der Waals surface area (Å²) in [5, 5.41) is 14.5. The molecule has 8 nitrogen and oxygen atoms in total. The zero-order valence-corrected chi connectivity index (χ0v) is 22.2. The van der Waals surface area contributed by atoms with Crippen LogP contribution in [0.5, 0.6) is 0 Å². The van der Waals surface area contributed by atoms with Crippen molar-refractivity contribution >= 4 is 29.2 Å². The quantitative estimate of drug-likeness (QED) is 0.0950. The number of nitro groups is 1. The minimum atomic E-state index is -0.875. The Bertz CT molecular complexity index is 988. The fraction of sp³-hybridized carbons (Fsp3) is 0.556. The average molecular weight is 521 g/mol. The average Bonchev–Trinajstić information content (AvgIpc) is 2.85. The zero-order valence-electron chi connectivity index (χ0n) is 21.4. The minimum absolute atomic E-state index is 0.000251. The number of non-ortho nitro benzene ring substituents is 1. The molecule has 1 aromatic carbocycles. The molecule has 2 rings (SSSR count). The Hall–Kier alpha value is -2.87. The van der Waals surface area contributed by atoms with E-state index in [1.807, 2.05) is 0 Å². The predicted octanol–water partition coefficient (Wildman–Crippen LogP) is 6.30. The Balaban J connectivity index is 2.21. The summed E-state index contributed by atoms with van der Waals surface area (Å²) in [5.41, 5.74) is 1.76. The SMILES string of the molecule is CCCCCCCCCCOC(=O)C1=C(C)NC(C)=C(C(=O)OCCCl)C1c1cccc([N+](=O)[O-])c1. The lowest BCUT2D eigenvalue weighted by molar-refractivity contribution is -0.384. The first kappa shape index (κ1) is 29.4. The lowest BCUT2D eigenvalue weighted by atomic mass is 9.80. The van der Waals surface area contributed by atoms with Gasteiger partial charge in [-0.2, -0.15) is 0 Å². The van der Waals surface area contributed by atoms with Crippen LogP contribution >= 0.6 is 11.6 Å². The highest BCUT2D eigenvalue weighted by atomic mass is 35.5. The summed E-state index contributed by atoms with van der Waals surface area (Å²) >= 11 is 5.69. The van der Waals surface area contributed by atoms with Gasteiger partial charge in [0, 0.05) is 23.5 Å². The largest absolute Gasteiger partial charge is 0.462 e. The Labute approximate surface area is 218 Å². The van der Waals surface area contributed by atoms with Crippen LogP contribution < -0.4 is 5.32 Å². The number of allylic oxidation sites excluding steroid dienone is 2. The molecule has 0 bridgehead atoms. The molecule has 0 saturated heterocycles. The van der Waals surface area contributed by atoms with E-state index in [1.54, 1.807) is 19.9 Å². The molecule has 1 aliphatic heterocycles. The van der Waals surface area contributed by atoms with Crippen molar-refractivity contribution in [1.29, 1.82) is 0 Å². The Morgan fingerprint density at radius 2 is 1.50 bits per heavy atom. The predicted molar refractivity (Wildman–Crippen MR) is 140 cm³/mol. The number of dihydropyridines is 1. The van der Waals surface area contributed by atoms with Gasteiger partial charge >= 0.3 is 11.9 Å². The van der Waals surface area contributed by atoms with Crippen molar-refractivity contribution in [3.8, 4) is 0 Å². The Kier molecular flexibility index (Phi) is 12.5. The number of esters is 2. The number of halogens is 1. The van der Waals surface area contributed by atoms with Gasteiger partial charge in [0.1, 0.15) is 6.61 Å². The summed E-state index contributed by atoms with van der Waals surface area (Å²) in [6.45, 7) is 5.88. The smallest absolute Gasteiger partial charge is 0.336 e. The monoisotopic (exact) mass is 520 g/mol. The van der Waals surface area contributed by atoms with Crippen LogP contribution in [0.25, 0.3) is 0 Å². The van der Waals surface area contributed by atoms with Crippen LogP contribution in [-0.4, -0.2) is 36.0 Å². The number of hydrogen-bond donors (Lipinski definition) is 1. The van der Waals surface area contributed by atoms with Crippen LogP contribution in [0, 0.1) is 10.1 Å². The maximum Gasteiger partial charge on any atom is 0.336 e. The molecule has 0 saturated carbocycles. The first-order chi connectivity index (χ1) is 17.3. The maximum absolute atomic E-state index is 13.3. The molecule has 198 valence electrons. The number of benzene rings is 1. The molecule has 0 radical (unpaired) electrons. The second-order valence-electron chi connectivity index (χ2n) is 8.92. The summed E-state index contributed by atoms with van der Waals surface area (Å²) < 4.78 is 10.9. The van der Waals surface area contributed by atoms with Gasteiger partial charge in [-0.15, -0.1) is 11.6 Å². The van der Waals surface area contributed by atoms with E-state index in [0.717, 1.165) is 19.3 Å². The summed E-state index contributed by atoms with van der Waals surface area (Å²) in [4.78, 5) is 37.1. The van der Waals surface area contributed by atoms with Crippen LogP contribution in [0.15, 0.2) is 46.8 Å². The van der Waals surface area contributed by atoms with Gasteiger partial charge in [0.25, 0.3) is 5.69 Å². The lowest BCUT2D eigenvalue weighted by Crippen LogP contribution is -2.32. The van der Waals surface area contributed by atoms with Crippen molar-refractivity contribution in [1.82, 2.24) is 5.32 Å². The van der Waals surface area contributed by atoms with Gasteiger partial charge in [0.05, 0.1) is 34.5 Å². The number of hydrogen-bond acceptors (Lipinski definition) is 7. The van der Waals surface area contributed by atoms with Crippen molar-refractivity contribution in [2.75, 3.05) is 19.1 Å². The number of nitrogens with one attached hydrogen (secondary N) is 1. The number of carbonyl (C=O) groups excluding carboxylic acids is 2. The van der Waals surface area contributed by atoms with Gasteiger partial charge in [-0.05, 0) is 25.8 Å². The van der Waals surface area contributed by atoms with E-state index < -0.39 is 22.8 Å². The van der Waals surface area contributed by atoms with Gasteiger partial charge in [0.2, 0.25) is 0 Å². The number of nitrogens with zero attached hydrogens (tertiary/aromatic N) is 1. The number of rotatable bonds is 15. The van der Waals surface area contributed by atoms with Crippen molar-refractivity contribution in [2.45, 2.75) is 78.1 Å². The fourth-order valence-corrected chi connectivity index (χ4v) is 4.45. The van der Waals surface area contributed by atoms with E-state index in [4.69, 9.17) is 21.1 Å². The first-order valence-corrected chi connectivity index (χ1v) is 13.2. The number of ether oxygens (including phenoxy) is 2. The molecule has 0 aromatic heterocycles. The highest BCUT2D eigenvalue weighted by molar-refractivity contribution is 6.18. The summed E-state index contributed by atoms with van der Waals surface area (Å²) in [7, 11) is 0. The van der Waals surface area contributed by atoms with Gasteiger partial charge in [-0.1, -0.05) is 64.0 Å². The van der Waals surface area contributed by atoms with Gasteiger partial charge in [-0.25, -0.2) is 9.59 Å². The zero-order chi connectivity index (χ0) is 26.5. The van der Waals surface area contributed by atoms with Crippen LogP contribution in [0.4, 0.5) is 5.69 Å². The number of alkyl halides is 1. The normalized spacial score (nSPS) is 15.5. The molecule has 1 unspecified atom stereocenters. The highest BCUT2D eigenvalue weighted by Gasteiger charge is 2.38. The van der Waals surface area contributed by atoms with Crippen molar-refractivity contribution in [3.63, 3.8) is 0 Å². The van der Waals surface area contributed by atoms with Crippen molar-refractivity contribution < 1.29 is 24.0 Å². The van der Waals surface area contributed by atoms with Gasteiger partial charge in [-0.3, -0.25) is 10.1 Å². The topological polar surface area (TPSA) is 108 Å². The maximum atomic E-state index is 13.3. The van der Waals surface area contributed by atoms with Gasteiger partial charge < -0.3 is 14.8 Å². The van der Waals surface area contributed by atoms with Gasteiger partial charge in [0.15, 0.2) is 0 Å². The second kappa shape index (κ2) is 15.3. The van der Waals surface area contributed by atoms with E-state index in [1.165, 1.54) is 50.3 Å². The third-order valence-electron chi connectivity index (χ3n) is 6.16. The fourth-order valence-electron chi connectivity index (χ4n) is 4.37.